The molecule has 1 atom stereocenters. The molecule has 0 radical (unpaired) electrons. The Labute approximate surface area is 210 Å². The van der Waals surface area contributed by atoms with Crippen molar-refractivity contribution in [1.29, 1.82) is 0 Å². The van der Waals surface area contributed by atoms with Gasteiger partial charge in [-0.1, -0.05) is 11.6 Å². The zero-order chi connectivity index (χ0) is 24.8. The number of alkyl halides is 1. The lowest BCUT2D eigenvalue weighted by Crippen LogP contribution is -2.44. The van der Waals surface area contributed by atoms with Crippen LogP contribution in [0.1, 0.15) is 49.4 Å². The number of pyridine rings is 2. The van der Waals surface area contributed by atoms with Crippen LogP contribution in [0.2, 0.25) is 5.02 Å². The molecule has 3 heterocycles. The molecule has 0 spiro atoms. The van der Waals surface area contributed by atoms with Crippen molar-refractivity contribution in [3.8, 4) is 5.75 Å². The molecular formula is C27H31ClFN3O3. The second-order valence-corrected chi connectivity index (χ2v) is 9.70. The van der Waals surface area contributed by atoms with Gasteiger partial charge >= 0.3 is 5.97 Å². The Bertz CT molecular complexity index is 1150. The Morgan fingerprint density at radius 3 is 2.69 bits per heavy atom. The summed E-state index contributed by atoms with van der Waals surface area (Å²) in [5, 5.41) is 10.9. The zero-order valence-corrected chi connectivity index (χ0v) is 20.7. The van der Waals surface area contributed by atoms with Crippen LogP contribution in [0.3, 0.4) is 0 Å². The number of nitrogens with zero attached hydrogens (tertiary/aromatic N) is 3. The molecule has 2 aromatic heterocycles. The highest BCUT2D eigenvalue weighted by atomic mass is 35.5. The van der Waals surface area contributed by atoms with Crippen molar-refractivity contribution in [2.24, 2.45) is 5.41 Å². The lowest BCUT2D eigenvalue weighted by molar-refractivity contribution is -0.153. The summed E-state index contributed by atoms with van der Waals surface area (Å²) in [6.45, 7) is 2.33. The fraction of sp³-hybridized carbons (Fsp3) is 0.444. The van der Waals surface area contributed by atoms with Gasteiger partial charge < -0.3 is 14.7 Å². The molecular weight excluding hydrogens is 469 g/mol. The number of rotatable bonds is 10. The van der Waals surface area contributed by atoms with Crippen molar-refractivity contribution in [3.05, 3.63) is 65.1 Å². The van der Waals surface area contributed by atoms with E-state index < -0.39 is 17.6 Å². The van der Waals surface area contributed by atoms with Crippen LogP contribution in [0.4, 0.5) is 4.39 Å². The third-order valence-corrected chi connectivity index (χ3v) is 7.51. The summed E-state index contributed by atoms with van der Waals surface area (Å²) in [6, 6.07) is 9.31. The highest BCUT2D eigenvalue weighted by molar-refractivity contribution is 6.32. The molecule has 0 amide bonds. The Hall–Kier alpha value is -2.77. The Morgan fingerprint density at radius 1 is 1.26 bits per heavy atom. The fourth-order valence-corrected chi connectivity index (χ4v) is 5.26. The first kappa shape index (κ1) is 25.3. The molecule has 0 unspecified atom stereocenters. The maximum Gasteiger partial charge on any atom is 0.309 e. The summed E-state index contributed by atoms with van der Waals surface area (Å²) in [4.78, 5) is 22.9. The topological polar surface area (TPSA) is 75.6 Å². The smallest absolute Gasteiger partial charge is 0.309 e. The van der Waals surface area contributed by atoms with Crippen molar-refractivity contribution < 1.29 is 19.0 Å². The number of halogens is 2. The second kappa shape index (κ2) is 11.3. The maximum absolute atomic E-state index is 15.6. The summed E-state index contributed by atoms with van der Waals surface area (Å²) in [5.41, 5.74) is 1.31. The predicted octanol–water partition coefficient (Wildman–Crippen LogP) is 5.88. The number of carboxylic acid groups (broad SMARTS) is 1. The van der Waals surface area contributed by atoms with Crippen LogP contribution < -0.4 is 4.74 Å². The Kier molecular flexibility index (Phi) is 8.19. The second-order valence-electron chi connectivity index (χ2n) is 9.30. The number of fused-ring (bicyclic) bond motifs is 1. The molecule has 0 aliphatic carbocycles. The largest absolute Gasteiger partial charge is 0.497 e. The van der Waals surface area contributed by atoms with Crippen LogP contribution in [0.25, 0.3) is 10.9 Å². The maximum atomic E-state index is 15.6. The number of benzene rings is 1. The highest BCUT2D eigenvalue weighted by Crippen LogP contribution is 2.42. The minimum Gasteiger partial charge on any atom is -0.497 e. The SMILES string of the molecule is COc1ccc2ncc(Cl)c([C@@H](F)CCC3(C(=O)O)CCN(CCCc4ccncc4)CC3)c2c1. The summed E-state index contributed by atoms with van der Waals surface area (Å²) in [6.07, 6.45) is 7.02. The standard InChI is InChI=1S/C27H31ClFN3O3/c1-35-20-4-5-24-21(17-20)25(22(28)18-31-24)23(29)6-9-27(26(33)34)10-15-32(16-11-27)14-2-3-19-7-12-30-13-8-19/h4-5,7-8,12-13,17-18,23H,2-3,6,9-11,14-16H2,1H3,(H,33,34)/t23-/m0/s1. The molecule has 1 saturated heterocycles. The summed E-state index contributed by atoms with van der Waals surface area (Å²) in [7, 11) is 1.55. The number of piperidine rings is 1. The predicted molar refractivity (Wildman–Crippen MR) is 135 cm³/mol. The molecule has 1 N–H and O–H groups in total. The van der Waals surface area contributed by atoms with Crippen molar-refractivity contribution in [2.75, 3.05) is 26.7 Å². The number of methoxy groups -OCH3 is 1. The van der Waals surface area contributed by atoms with Gasteiger partial charge in [-0.2, -0.15) is 0 Å². The van der Waals surface area contributed by atoms with E-state index in [4.69, 9.17) is 16.3 Å². The number of carboxylic acids is 1. The number of aromatic nitrogens is 2. The monoisotopic (exact) mass is 499 g/mol. The van der Waals surface area contributed by atoms with Gasteiger partial charge in [0.25, 0.3) is 0 Å². The van der Waals surface area contributed by atoms with Gasteiger partial charge in [-0.15, -0.1) is 0 Å². The number of aryl methyl sites for hydroxylation is 1. The van der Waals surface area contributed by atoms with E-state index in [1.807, 2.05) is 12.1 Å². The van der Waals surface area contributed by atoms with Gasteiger partial charge in [0.15, 0.2) is 0 Å². The van der Waals surface area contributed by atoms with Gasteiger partial charge in [0.2, 0.25) is 0 Å². The van der Waals surface area contributed by atoms with E-state index in [9.17, 15) is 9.90 Å². The van der Waals surface area contributed by atoms with Crippen LogP contribution >= 0.6 is 11.6 Å². The molecule has 8 heteroatoms. The van der Waals surface area contributed by atoms with E-state index in [2.05, 4.69) is 14.9 Å². The number of hydrogen-bond acceptors (Lipinski definition) is 5. The van der Waals surface area contributed by atoms with Crippen LogP contribution in [-0.4, -0.2) is 52.7 Å². The molecule has 3 aromatic rings. The third-order valence-electron chi connectivity index (χ3n) is 7.21. The quantitative estimate of drug-likeness (QED) is 0.375. The van der Waals surface area contributed by atoms with Crippen molar-refractivity contribution >= 4 is 28.5 Å². The number of ether oxygens (including phenoxy) is 1. The third kappa shape index (κ3) is 5.90. The summed E-state index contributed by atoms with van der Waals surface area (Å²) in [5.74, 6) is -0.248. The highest BCUT2D eigenvalue weighted by Gasteiger charge is 2.41. The molecule has 186 valence electrons. The Balaban J connectivity index is 1.38. The molecule has 35 heavy (non-hydrogen) atoms. The Morgan fingerprint density at radius 2 is 2.00 bits per heavy atom. The van der Waals surface area contributed by atoms with Crippen LogP contribution in [0.15, 0.2) is 48.9 Å². The van der Waals surface area contributed by atoms with Gasteiger partial charge in [-0.25, -0.2) is 4.39 Å². The van der Waals surface area contributed by atoms with Crippen molar-refractivity contribution in [2.45, 2.75) is 44.7 Å². The van der Waals surface area contributed by atoms with Crippen LogP contribution in [0, 0.1) is 5.41 Å². The van der Waals surface area contributed by atoms with Crippen molar-refractivity contribution in [1.82, 2.24) is 14.9 Å². The van der Waals surface area contributed by atoms with Gasteiger partial charge in [0.05, 0.1) is 23.1 Å². The van der Waals surface area contributed by atoms with E-state index in [1.165, 1.54) is 11.8 Å². The number of aliphatic carboxylic acids is 1. The lowest BCUT2D eigenvalue weighted by atomic mass is 9.74. The molecule has 6 nitrogen and oxygen atoms in total. The first-order valence-corrected chi connectivity index (χ1v) is 12.4. The van der Waals surface area contributed by atoms with Gasteiger partial charge in [-0.05, 0) is 94.1 Å². The summed E-state index contributed by atoms with van der Waals surface area (Å²) >= 11 is 6.35. The molecule has 4 rings (SSSR count). The molecule has 0 bridgehead atoms. The fourth-order valence-electron chi connectivity index (χ4n) is 4.99. The molecule has 1 fully saturated rings. The number of hydrogen-bond donors (Lipinski definition) is 1. The average molecular weight is 500 g/mol. The minimum atomic E-state index is -1.39. The van der Waals surface area contributed by atoms with Crippen LogP contribution in [-0.2, 0) is 11.2 Å². The van der Waals surface area contributed by atoms with E-state index in [0.717, 1.165) is 19.4 Å². The van der Waals surface area contributed by atoms with Gasteiger partial charge in [0, 0.05) is 29.5 Å². The van der Waals surface area contributed by atoms with Crippen LogP contribution in [0.5, 0.6) is 5.75 Å². The first-order chi connectivity index (χ1) is 16.9. The van der Waals surface area contributed by atoms with E-state index in [0.29, 0.717) is 48.1 Å². The van der Waals surface area contributed by atoms with Crippen molar-refractivity contribution in [3.63, 3.8) is 0 Å². The summed E-state index contributed by atoms with van der Waals surface area (Å²) < 4.78 is 20.9. The average Bonchev–Trinajstić information content (AvgIpc) is 2.88. The van der Waals surface area contributed by atoms with E-state index >= 15 is 4.39 Å². The molecule has 1 aliphatic rings. The number of carbonyl (C=O) groups is 1. The van der Waals surface area contributed by atoms with Gasteiger partial charge in [-0.3, -0.25) is 14.8 Å². The first-order valence-electron chi connectivity index (χ1n) is 12.0. The molecule has 1 aliphatic heterocycles. The van der Waals surface area contributed by atoms with Gasteiger partial charge in [0.1, 0.15) is 11.9 Å². The minimum absolute atomic E-state index is 0.0877. The molecule has 1 aromatic carbocycles. The molecule has 0 saturated carbocycles. The lowest BCUT2D eigenvalue weighted by Gasteiger charge is -2.39. The number of likely N-dealkylation sites (tertiary alicyclic amines) is 1. The normalized spacial score (nSPS) is 16.8. The van der Waals surface area contributed by atoms with E-state index in [1.54, 1.807) is 37.7 Å². The zero-order valence-electron chi connectivity index (χ0n) is 19.9. The van der Waals surface area contributed by atoms with E-state index in [-0.39, 0.29) is 17.9 Å².